The molecule has 1 aliphatic carbocycles. The summed E-state index contributed by atoms with van der Waals surface area (Å²) in [6, 6.07) is 6.79. The van der Waals surface area contributed by atoms with Crippen molar-refractivity contribution in [2.24, 2.45) is 5.41 Å². The van der Waals surface area contributed by atoms with Crippen LogP contribution in [-0.4, -0.2) is 11.0 Å². The zero-order chi connectivity index (χ0) is 10.9. The van der Waals surface area contributed by atoms with E-state index in [-0.39, 0.29) is 0 Å². The predicted molar refractivity (Wildman–Crippen MR) is 62.6 cm³/mol. The summed E-state index contributed by atoms with van der Waals surface area (Å²) in [4.78, 5) is 4.49. The topological polar surface area (TPSA) is 24.9 Å². The molecule has 1 saturated carbocycles. The molecular weight excluding hydrogens is 184 g/mol. The molecule has 1 fully saturated rings. The fraction of sp³-hybridized carbons (Fsp3) is 0.615. The average Bonchev–Trinajstić information content (AvgIpc) is 2.94. The van der Waals surface area contributed by atoms with Gasteiger partial charge in [-0.15, -0.1) is 0 Å². The van der Waals surface area contributed by atoms with Crippen molar-refractivity contribution in [3.05, 3.63) is 29.6 Å². The maximum atomic E-state index is 4.49. The molecule has 82 valence electrons. The number of aromatic nitrogens is 1. The highest BCUT2D eigenvalue weighted by molar-refractivity contribution is 5.10. The standard InChI is InChI=1S/C13H20N2/c1-10-5-4-6-12(15-10)9-14-11(2)13(3)7-8-13/h4-6,11,14H,7-9H2,1-3H3. The number of pyridine rings is 1. The summed E-state index contributed by atoms with van der Waals surface area (Å²) in [7, 11) is 0. The Bertz CT molecular complexity index is 342. The zero-order valence-corrected chi connectivity index (χ0v) is 9.88. The molecule has 0 spiro atoms. The fourth-order valence-electron chi connectivity index (χ4n) is 1.83. The van der Waals surface area contributed by atoms with Gasteiger partial charge in [-0.25, -0.2) is 0 Å². The zero-order valence-electron chi connectivity index (χ0n) is 9.88. The first kappa shape index (κ1) is 10.6. The van der Waals surface area contributed by atoms with Crippen LogP contribution in [0, 0.1) is 12.3 Å². The summed E-state index contributed by atoms with van der Waals surface area (Å²) >= 11 is 0. The Labute approximate surface area is 92.1 Å². The second kappa shape index (κ2) is 3.93. The van der Waals surface area contributed by atoms with E-state index in [0.29, 0.717) is 11.5 Å². The molecule has 0 bridgehead atoms. The van der Waals surface area contributed by atoms with Gasteiger partial charge in [0.1, 0.15) is 0 Å². The largest absolute Gasteiger partial charge is 0.308 e. The lowest BCUT2D eigenvalue weighted by atomic mass is 10.0. The first-order valence-corrected chi connectivity index (χ1v) is 5.76. The van der Waals surface area contributed by atoms with Gasteiger partial charge in [0.15, 0.2) is 0 Å². The van der Waals surface area contributed by atoms with Gasteiger partial charge in [0.25, 0.3) is 0 Å². The minimum absolute atomic E-state index is 0.545. The van der Waals surface area contributed by atoms with Gasteiger partial charge in [-0.1, -0.05) is 13.0 Å². The molecule has 2 heteroatoms. The second-order valence-corrected chi connectivity index (χ2v) is 5.03. The van der Waals surface area contributed by atoms with Crippen LogP contribution < -0.4 is 5.32 Å². The van der Waals surface area contributed by atoms with Crippen molar-refractivity contribution in [1.82, 2.24) is 10.3 Å². The smallest absolute Gasteiger partial charge is 0.0544 e. The first-order chi connectivity index (χ1) is 7.10. The number of hydrogen-bond acceptors (Lipinski definition) is 2. The minimum atomic E-state index is 0.545. The quantitative estimate of drug-likeness (QED) is 0.815. The number of hydrogen-bond donors (Lipinski definition) is 1. The maximum absolute atomic E-state index is 4.49. The Morgan fingerprint density at radius 1 is 1.47 bits per heavy atom. The third-order valence-corrected chi connectivity index (χ3v) is 3.62. The first-order valence-electron chi connectivity index (χ1n) is 5.76. The van der Waals surface area contributed by atoms with E-state index in [2.05, 4.69) is 36.3 Å². The third kappa shape index (κ3) is 2.57. The molecule has 0 aliphatic heterocycles. The molecule has 0 radical (unpaired) electrons. The molecular formula is C13H20N2. The van der Waals surface area contributed by atoms with E-state index in [1.54, 1.807) is 0 Å². The van der Waals surface area contributed by atoms with Crippen molar-refractivity contribution < 1.29 is 0 Å². The molecule has 0 amide bonds. The van der Waals surface area contributed by atoms with E-state index in [1.807, 2.05) is 13.0 Å². The van der Waals surface area contributed by atoms with Crippen LogP contribution in [0.2, 0.25) is 0 Å². The fourth-order valence-corrected chi connectivity index (χ4v) is 1.83. The van der Waals surface area contributed by atoms with Gasteiger partial charge in [-0.05, 0) is 44.2 Å². The van der Waals surface area contributed by atoms with Crippen molar-refractivity contribution in [2.75, 3.05) is 0 Å². The molecule has 1 aliphatic rings. The van der Waals surface area contributed by atoms with Gasteiger partial charge in [0.2, 0.25) is 0 Å². The summed E-state index contributed by atoms with van der Waals surface area (Å²) in [5.74, 6) is 0. The summed E-state index contributed by atoms with van der Waals surface area (Å²) in [6.45, 7) is 7.56. The van der Waals surface area contributed by atoms with Crippen LogP contribution in [0.5, 0.6) is 0 Å². The highest BCUT2D eigenvalue weighted by Gasteiger charge is 2.42. The van der Waals surface area contributed by atoms with Crippen LogP contribution in [0.25, 0.3) is 0 Å². The van der Waals surface area contributed by atoms with Crippen LogP contribution in [0.4, 0.5) is 0 Å². The number of rotatable bonds is 4. The lowest BCUT2D eigenvalue weighted by molar-refractivity contribution is 0.378. The van der Waals surface area contributed by atoms with Crippen molar-refractivity contribution in [3.8, 4) is 0 Å². The van der Waals surface area contributed by atoms with Gasteiger partial charge in [0, 0.05) is 18.3 Å². The SMILES string of the molecule is Cc1cccc(CNC(C)C2(C)CC2)n1. The van der Waals surface area contributed by atoms with Gasteiger partial charge in [-0.2, -0.15) is 0 Å². The van der Waals surface area contributed by atoms with Gasteiger partial charge < -0.3 is 5.32 Å². The highest BCUT2D eigenvalue weighted by atomic mass is 15.0. The number of aryl methyl sites for hydroxylation is 1. The molecule has 1 aromatic heterocycles. The van der Waals surface area contributed by atoms with E-state index in [4.69, 9.17) is 0 Å². The second-order valence-electron chi connectivity index (χ2n) is 5.03. The molecule has 1 aromatic rings. The monoisotopic (exact) mass is 204 g/mol. The number of nitrogens with one attached hydrogen (secondary N) is 1. The predicted octanol–water partition coefficient (Wildman–Crippen LogP) is 2.67. The minimum Gasteiger partial charge on any atom is -0.308 e. The molecule has 2 rings (SSSR count). The van der Waals surface area contributed by atoms with Crippen LogP contribution in [0.15, 0.2) is 18.2 Å². The van der Waals surface area contributed by atoms with Crippen LogP contribution in [0.1, 0.15) is 38.1 Å². The lowest BCUT2D eigenvalue weighted by Gasteiger charge is -2.20. The highest BCUT2D eigenvalue weighted by Crippen LogP contribution is 2.47. The molecule has 1 heterocycles. The molecule has 2 nitrogen and oxygen atoms in total. The Balaban J connectivity index is 1.87. The van der Waals surface area contributed by atoms with Gasteiger partial charge in [0.05, 0.1) is 5.69 Å². The summed E-state index contributed by atoms with van der Waals surface area (Å²) in [5.41, 5.74) is 2.79. The van der Waals surface area contributed by atoms with E-state index in [0.717, 1.165) is 17.9 Å². The summed E-state index contributed by atoms with van der Waals surface area (Å²) in [6.07, 6.45) is 2.73. The summed E-state index contributed by atoms with van der Waals surface area (Å²) in [5, 5.41) is 3.57. The van der Waals surface area contributed by atoms with Crippen molar-refractivity contribution in [1.29, 1.82) is 0 Å². The molecule has 1 N–H and O–H groups in total. The van der Waals surface area contributed by atoms with Crippen LogP contribution in [-0.2, 0) is 6.54 Å². The summed E-state index contributed by atoms with van der Waals surface area (Å²) < 4.78 is 0. The molecule has 1 unspecified atom stereocenters. The van der Waals surface area contributed by atoms with E-state index >= 15 is 0 Å². The molecule has 0 aromatic carbocycles. The molecule has 0 saturated heterocycles. The van der Waals surface area contributed by atoms with Crippen molar-refractivity contribution in [3.63, 3.8) is 0 Å². The lowest BCUT2D eigenvalue weighted by Crippen LogP contribution is -2.33. The Morgan fingerprint density at radius 2 is 2.20 bits per heavy atom. The van der Waals surface area contributed by atoms with Crippen molar-refractivity contribution >= 4 is 0 Å². The Morgan fingerprint density at radius 3 is 2.80 bits per heavy atom. The molecule has 1 atom stereocenters. The average molecular weight is 204 g/mol. The van der Waals surface area contributed by atoms with E-state index in [1.165, 1.54) is 12.8 Å². The van der Waals surface area contributed by atoms with Crippen molar-refractivity contribution in [2.45, 2.75) is 46.2 Å². The van der Waals surface area contributed by atoms with E-state index < -0.39 is 0 Å². The van der Waals surface area contributed by atoms with E-state index in [9.17, 15) is 0 Å². The maximum Gasteiger partial charge on any atom is 0.0544 e. The number of nitrogens with zero attached hydrogens (tertiary/aromatic N) is 1. The van der Waals surface area contributed by atoms with Crippen LogP contribution >= 0.6 is 0 Å². The Hall–Kier alpha value is -0.890. The third-order valence-electron chi connectivity index (χ3n) is 3.62. The van der Waals surface area contributed by atoms with Gasteiger partial charge >= 0.3 is 0 Å². The Kier molecular flexibility index (Phi) is 2.79. The molecule has 15 heavy (non-hydrogen) atoms. The van der Waals surface area contributed by atoms with Crippen LogP contribution in [0.3, 0.4) is 0 Å². The van der Waals surface area contributed by atoms with Gasteiger partial charge in [-0.3, -0.25) is 4.98 Å². The normalized spacial score (nSPS) is 19.9.